The highest BCUT2D eigenvalue weighted by Gasteiger charge is 2.32. The van der Waals surface area contributed by atoms with Crippen LogP contribution in [0.5, 0.6) is 0 Å². The third-order valence-corrected chi connectivity index (χ3v) is 6.71. The van der Waals surface area contributed by atoms with Crippen LogP contribution in [0.25, 0.3) is 11.3 Å². The molecule has 1 N–H and O–H groups in total. The molecule has 36 heavy (non-hydrogen) atoms. The summed E-state index contributed by atoms with van der Waals surface area (Å²) < 4.78 is 13.2. The molecule has 0 radical (unpaired) electrons. The van der Waals surface area contributed by atoms with E-state index in [9.17, 15) is 19.1 Å². The van der Waals surface area contributed by atoms with E-state index in [1.807, 2.05) is 38.1 Å². The van der Waals surface area contributed by atoms with E-state index in [2.05, 4.69) is 9.88 Å². The summed E-state index contributed by atoms with van der Waals surface area (Å²) >= 11 is 0. The van der Waals surface area contributed by atoms with Crippen LogP contribution >= 0.6 is 0 Å². The summed E-state index contributed by atoms with van der Waals surface area (Å²) in [6.07, 6.45) is -0.873. The van der Waals surface area contributed by atoms with Gasteiger partial charge in [-0.25, -0.2) is 9.18 Å². The normalized spacial score (nSPS) is 18.2. The predicted octanol–water partition coefficient (Wildman–Crippen LogP) is 5.05. The van der Waals surface area contributed by atoms with Gasteiger partial charge in [0.25, 0.3) is 5.91 Å². The van der Waals surface area contributed by atoms with Gasteiger partial charge in [-0.05, 0) is 74.9 Å². The predicted molar refractivity (Wildman–Crippen MR) is 138 cm³/mol. The van der Waals surface area contributed by atoms with Crippen molar-refractivity contribution in [2.24, 2.45) is 0 Å². The zero-order valence-electron chi connectivity index (χ0n) is 21.0. The lowest BCUT2D eigenvalue weighted by Gasteiger charge is -2.42. The first-order valence-corrected chi connectivity index (χ1v) is 12.0. The first-order chi connectivity index (χ1) is 17.1. The van der Waals surface area contributed by atoms with Gasteiger partial charge < -0.3 is 14.9 Å². The fraction of sp³-hybridized carbons (Fsp3) is 0.321. The molecule has 4 rings (SSSR count). The number of amides is 2. The summed E-state index contributed by atoms with van der Waals surface area (Å²) in [5.41, 5.74) is 4.45. The molecule has 8 heteroatoms. The van der Waals surface area contributed by atoms with E-state index < -0.39 is 6.09 Å². The number of aromatic nitrogens is 1. The number of nitrogens with zero attached hydrogens (tertiary/aromatic N) is 4. The van der Waals surface area contributed by atoms with Crippen molar-refractivity contribution in [3.8, 4) is 11.3 Å². The Kier molecular flexibility index (Phi) is 7.35. The molecule has 3 aromatic rings. The van der Waals surface area contributed by atoms with Gasteiger partial charge in [0.15, 0.2) is 0 Å². The summed E-state index contributed by atoms with van der Waals surface area (Å²) in [5.74, 6) is -0.467. The zero-order chi connectivity index (χ0) is 26.0. The minimum absolute atomic E-state index is 0.0689. The highest BCUT2D eigenvalue weighted by molar-refractivity contribution is 6.06. The standard InChI is InChI=1S/C28H31FN4O3/c1-18-15-32(16-19(2)33(18)28(35)36)17-21-5-11-24(12-6-21)31(4)27(34)25-13-14-26(30-20(25)3)22-7-9-23(29)10-8-22/h5-14,18-19H,15-17H2,1-4H3,(H,35,36)/t18-,19+. The maximum absolute atomic E-state index is 13.2. The van der Waals surface area contributed by atoms with Gasteiger partial charge in [-0.15, -0.1) is 0 Å². The van der Waals surface area contributed by atoms with Crippen molar-refractivity contribution < 1.29 is 19.1 Å². The Morgan fingerprint density at radius 3 is 2.17 bits per heavy atom. The number of carboxylic acid groups (broad SMARTS) is 1. The Labute approximate surface area is 210 Å². The Bertz CT molecular complexity index is 1230. The first kappa shape index (κ1) is 25.3. The van der Waals surface area contributed by atoms with Crippen LogP contribution in [0.4, 0.5) is 14.9 Å². The van der Waals surface area contributed by atoms with Gasteiger partial charge in [0.05, 0.1) is 17.0 Å². The Morgan fingerprint density at radius 2 is 1.61 bits per heavy atom. The maximum atomic E-state index is 13.2. The number of pyridine rings is 1. The fourth-order valence-electron chi connectivity index (χ4n) is 4.89. The second kappa shape index (κ2) is 10.5. The molecule has 1 aliphatic rings. The number of halogens is 1. The molecule has 0 saturated carbocycles. The number of hydrogen-bond donors (Lipinski definition) is 1. The van der Waals surface area contributed by atoms with Gasteiger partial charge in [-0.3, -0.25) is 14.7 Å². The van der Waals surface area contributed by atoms with Crippen LogP contribution in [-0.2, 0) is 6.54 Å². The molecule has 2 aromatic carbocycles. The van der Waals surface area contributed by atoms with Crippen molar-refractivity contribution in [1.29, 1.82) is 0 Å². The van der Waals surface area contributed by atoms with Crippen LogP contribution < -0.4 is 4.90 Å². The van der Waals surface area contributed by atoms with E-state index in [1.165, 1.54) is 17.0 Å². The number of rotatable bonds is 5. The number of carbonyl (C=O) groups is 2. The fourth-order valence-corrected chi connectivity index (χ4v) is 4.89. The monoisotopic (exact) mass is 490 g/mol. The topological polar surface area (TPSA) is 77.0 Å². The first-order valence-electron chi connectivity index (χ1n) is 12.0. The zero-order valence-corrected chi connectivity index (χ0v) is 21.0. The highest BCUT2D eigenvalue weighted by atomic mass is 19.1. The van der Waals surface area contributed by atoms with Gasteiger partial charge >= 0.3 is 6.09 Å². The summed E-state index contributed by atoms with van der Waals surface area (Å²) in [4.78, 5) is 34.6. The third-order valence-electron chi connectivity index (χ3n) is 6.71. The van der Waals surface area contributed by atoms with Gasteiger partial charge in [0.2, 0.25) is 0 Å². The second-order valence-electron chi connectivity index (χ2n) is 9.45. The Morgan fingerprint density at radius 1 is 1.00 bits per heavy atom. The van der Waals surface area contributed by atoms with E-state index in [4.69, 9.17) is 0 Å². The lowest BCUT2D eigenvalue weighted by molar-refractivity contribution is 0.0381. The molecular weight excluding hydrogens is 459 g/mol. The minimum Gasteiger partial charge on any atom is -0.465 e. The van der Waals surface area contributed by atoms with Crippen LogP contribution in [0.1, 0.15) is 35.5 Å². The van der Waals surface area contributed by atoms with Crippen LogP contribution in [0, 0.1) is 12.7 Å². The SMILES string of the molecule is Cc1nc(-c2ccc(F)cc2)ccc1C(=O)N(C)c1ccc(CN2C[C@@H](C)N(C(=O)O)[C@@H](C)C2)cc1. The second-order valence-corrected chi connectivity index (χ2v) is 9.45. The molecule has 1 saturated heterocycles. The quantitative estimate of drug-likeness (QED) is 0.542. The molecule has 2 atom stereocenters. The molecule has 1 aliphatic heterocycles. The van der Waals surface area contributed by atoms with E-state index >= 15 is 0 Å². The average molecular weight is 491 g/mol. The lowest BCUT2D eigenvalue weighted by atomic mass is 10.1. The molecule has 188 valence electrons. The largest absolute Gasteiger partial charge is 0.465 e. The van der Waals surface area contributed by atoms with E-state index in [0.717, 1.165) is 16.8 Å². The molecular formula is C28H31FN4O3. The summed E-state index contributed by atoms with van der Waals surface area (Å²) in [6.45, 7) is 7.73. The molecule has 2 heterocycles. The molecule has 0 aliphatic carbocycles. The van der Waals surface area contributed by atoms with Crippen molar-refractivity contribution in [3.63, 3.8) is 0 Å². The van der Waals surface area contributed by atoms with Gasteiger partial charge in [0, 0.05) is 50.0 Å². The lowest BCUT2D eigenvalue weighted by Crippen LogP contribution is -2.57. The van der Waals surface area contributed by atoms with Gasteiger partial charge in [-0.2, -0.15) is 0 Å². The van der Waals surface area contributed by atoms with E-state index in [1.54, 1.807) is 43.1 Å². The number of hydrogen-bond acceptors (Lipinski definition) is 4. The average Bonchev–Trinajstić information content (AvgIpc) is 2.83. The number of benzene rings is 2. The Hall–Kier alpha value is -3.78. The summed E-state index contributed by atoms with van der Waals surface area (Å²) in [7, 11) is 1.74. The van der Waals surface area contributed by atoms with Crippen LogP contribution in [0.2, 0.25) is 0 Å². The third kappa shape index (κ3) is 5.39. The number of aryl methyl sites for hydroxylation is 1. The van der Waals surface area contributed by atoms with Crippen molar-refractivity contribution in [3.05, 3.63) is 83.3 Å². The summed E-state index contributed by atoms with van der Waals surface area (Å²) in [6, 6.07) is 17.3. The molecule has 7 nitrogen and oxygen atoms in total. The van der Waals surface area contributed by atoms with Crippen molar-refractivity contribution in [2.45, 2.75) is 39.4 Å². The summed E-state index contributed by atoms with van der Waals surface area (Å²) in [5, 5.41) is 9.42. The number of anilines is 1. The molecule has 0 bridgehead atoms. The molecule has 1 fully saturated rings. The molecule has 2 amide bonds. The molecule has 1 aromatic heterocycles. The van der Waals surface area contributed by atoms with E-state index in [-0.39, 0.29) is 23.8 Å². The van der Waals surface area contributed by atoms with Crippen LogP contribution in [0.15, 0.2) is 60.7 Å². The smallest absolute Gasteiger partial charge is 0.407 e. The van der Waals surface area contributed by atoms with Crippen molar-refractivity contribution >= 4 is 17.7 Å². The molecule has 0 unspecified atom stereocenters. The number of carbonyl (C=O) groups excluding carboxylic acids is 1. The highest BCUT2D eigenvalue weighted by Crippen LogP contribution is 2.23. The molecule has 0 spiro atoms. The van der Waals surface area contributed by atoms with Crippen molar-refractivity contribution in [1.82, 2.24) is 14.8 Å². The van der Waals surface area contributed by atoms with Crippen LogP contribution in [-0.4, -0.2) is 64.1 Å². The van der Waals surface area contributed by atoms with E-state index in [0.29, 0.717) is 36.6 Å². The van der Waals surface area contributed by atoms with Gasteiger partial charge in [0.1, 0.15) is 5.82 Å². The van der Waals surface area contributed by atoms with Gasteiger partial charge in [-0.1, -0.05) is 12.1 Å². The maximum Gasteiger partial charge on any atom is 0.407 e. The van der Waals surface area contributed by atoms with Crippen molar-refractivity contribution in [2.75, 3.05) is 25.0 Å². The minimum atomic E-state index is -0.873. The Balaban J connectivity index is 1.42. The number of piperazine rings is 1. The van der Waals surface area contributed by atoms with Crippen LogP contribution in [0.3, 0.4) is 0 Å².